The lowest BCUT2D eigenvalue weighted by Gasteiger charge is -2.11. The minimum atomic E-state index is 0.466. The van der Waals surface area contributed by atoms with Crippen LogP contribution in [0.1, 0.15) is 50.0 Å². The fourth-order valence-electron chi connectivity index (χ4n) is 2.65. The average Bonchev–Trinajstić information content (AvgIpc) is 2.97. The number of nitrogens with zero attached hydrogens (tertiary/aromatic N) is 2. The van der Waals surface area contributed by atoms with E-state index in [-0.39, 0.29) is 0 Å². The third-order valence-corrected chi connectivity index (χ3v) is 3.56. The third kappa shape index (κ3) is 1.84. The summed E-state index contributed by atoms with van der Waals surface area (Å²) in [5.74, 6) is 1.61. The summed E-state index contributed by atoms with van der Waals surface area (Å²) in [5, 5.41) is 3.54. The monoisotopic (exact) mass is 229 g/mol. The van der Waals surface area contributed by atoms with Crippen LogP contribution in [0.15, 0.2) is 24.5 Å². The van der Waals surface area contributed by atoms with E-state index in [1.165, 1.54) is 23.9 Å². The van der Waals surface area contributed by atoms with Gasteiger partial charge >= 0.3 is 0 Å². The molecule has 0 aliphatic carbocycles. The lowest BCUT2D eigenvalue weighted by Crippen LogP contribution is -2.13. The van der Waals surface area contributed by atoms with Gasteiger partial charge in [-0.05, 0) is 37.1 Å². The number of hydrogen-bond donors (Lipinski definition) is 1. The topological polar surface area (TPSA) is 29.3 Å². The van der Waals surface area contributed by atoms with Crippen LogP contribution < -0.4 is 5.32 Å². The van der Waals surface area contributed by atoms with Gasteiger partial charge in [0.15, 0.2) is 0 Å². The molecule has 1 aliphatic heterocycles. The second-order valence-electron chi connectivity index (χ2n) is 5.17. The second kappa shape index (κ2) is 4.15. The maximum Gasteiger partial charge on any atom is 0.115 e. The summed E-state index contributed by atoms with van der Waals surface area (Å²) in [7, 11) is 0. The van der Waals surface area contributed by atoms with Gasteiger partial charge in [0, 0.05) is 18.2 Å². The highest BCUT2D eigenvalue weighted by atomic mass is 15.0. The molecule has 2 aromatic rings. The van der Waals surface area contributed by atoms with Crippen LogP contribution >= 0.6 is 0 Å². The smallest absolute Gasteiger partial charge is 0.115 e. The Morgan fingerprint density at radius 3 is 3.06 bits per heavy atom. The van der Waals surface area contributed by atoms with Crippen molar-refractivity contribution in [2.24, 2.45) is 0 Å². The lowest BCUT2D eigenvalue weighted by atomic mass is 10.1. The molecule has 1 N–H and O–H groups in total. The van der Waals surface area contributed by atoms with Gasteiger partial charge < -0.3 is 9.72 Å². The summed E-state index contributed by atoms with van der Waals surface area (Å²) in [6.07, 6.45) is 6.68. The fraction of sp³-hybridized carbons (Fsp3) is 0.500. The molecule has 3 rings (SSSR count). The van der Waals surface area contributed by atoms with E-state index in [4.69, 9.17) is 0 Å². The van der Waals surface area contributed by atoms with Crippen molar-refractivity contribution in [1.29, 1.82) is 0 Å². The zero-order valence-corrected chi connectivity index (χ0v) is 10.5. The minimum Gasteiger partial charge on any atom is -0.310 e. The molecule has 0 saturated carbocycles. The number of imidazole rings is 1. The van der Waals surface area contributed by atoms with Gasteiger partial charge in [0.1, 0.15) is 5.82 Å². The van der Waals surface area contributed by atoms with Crippen molar-refractivity contribution in [2.45, 2.75) is 38.6 Å². The van der Waals surface area contributed by atoms with E-state index >= 15 is 0 Å². The molecule has 17 heavy (non-hydrogen) atoms. The first-order valence-electron chi connectivity index (χ1n) is 6.46. The summed E-state index contributed by atoms with van der Waals surface area (Å²) in [6, 6.07) is 5.03. The molecule has 1 unspecified atom stereocenters. The molecule has 0 aromatic carbocycles. The number of fused-ring (bicyclic) bond motifs is 1. The Balaban J connectivity index is 2.02. The van der Waals surface area contributed by atoms with Crippen molar-refractivity contribution in [2.75, 3.05) is 6.54 Å². The first kappa shape index (κ1) is 10.8. The molecule has 1 atom stereocenters. The van der Waals surface area contributed by atoms with E-state index in [9.17, 15) is 0 Å². The Kier molecular flexibility index (Phi) is 2.63. The predicted octanol–water partition coefficient (Wildman–Crippen LogP) is 2.88. The van der Waals surface area contributed by atoms with Crippen molar-refractivity contribution in [3.05, 3.63) is 35.9 Å². The van der Waals surface area contributed by atoms with Crippen LogP contribution in [0.3, 0.4) is 0 Å². The molecule has 0 radical (unpaired) electrons. The van der Waals surface area contributed by atoms with Gasteiger partial charge in [-0.2, -0.15) is 0 Å². The summed E-state index contributed by atoms with van der Waals surface area (Å²) < 4.78 is 2.20. The largest absolute Gasteiger partial charge is 0.310 e. The molecule has 2 aromatic heterocycles. The van der Waals surface area contributed by atoms with Gasteiger partial charge in [-0.3, -0.25) is 0 Å². The summed E-state index contributed by atoms with van der Waals surface area (Å²) in [6.45, 7) is 5.51. The maximum atomic E-state index is 4.51. The van der Waals surface area contributed by atoms with Gasteiger partial charge in [-0.1, -0.05) is 13.8 Å². The van der Waals surface area contributed by atoms with Crippen molar-refractivity contribution in [1.82, 2.24) is 14.7 Å². The Morgan fingerprint density at radius 1 is 1.47 bits per heavy atom. The average molecular weight is 229 g/mol. The standard InChI is InChI=1S/C14H19N3/c1-10(2)14-16-9-12-8-11(5-7-17(12)14)13-4-3-6-15-13/h5,7-10,13,15H,3-4,6H2,1-2H3. The quantitative estimate of drug-likeness (QED) is 0.858. The lowest BCUT2D eigenvalue weighted by molar-refractivity contribution is 0.646. The molecule has 0 amide bonds. The molecule has 1 saturated heterocycles. The SMILES string of the molecule is CC(C)c1ncc2cc(C3CCCN3)ccn12. The van der Waals surface area contributed by atoms with Crippen molar-refractivity contribution >= 4 is 5.52 Å². The second-order valence-corrected chi connectivity index (χ2v) is 5.17. The molecular formula is C14H19N3. The fourth-order valence-corrected chi connectivity index (χ4v) is 2.65. The Labute approximate surface area is 102 Å². The van der Waals surface area contributed by atoms with E-state index in [1.807, 2.05) is 6.20 Å². The molecule has 3 nitrogen and oxygen atoms in total. The zero-order valence-electron chi connectivity index (χ0n) is 10.5. The first-order valence-corrected chi connectivity index (χ1v) is 6.46. The van der Waals surface area contributed by atoms with Crippen molar-refractivity contribution in [3.8, 4) is 0 Å². The van der Waals surface area contributed by atoms with Gasteiger partial charge in [-0.15, -0.1) is 0 Å². The van der Waals surface area contributed by atoms with Crippen molar-refractivity contribution in [3.63, 3.8) is 0 Å². The molecule has 1 aliphatic rings. The highest BCUT2D eigenvalue weighted by Gasteiger charge is 2.17. The molecule has 0 spiro atoms. The van der Waals surface area contributed by atoms with Gasteiger partial charge in [-0.25, -0.2) is 4.98 Å². The van der Waals surface area contributed by atoms with Crippen LogP contribution in [0.25, 0.3) is 5.52 Å². The normalized spacial score (nSPS) is 20.5. The first-order chi connectivity index (χ1) is 8.25. The number of pyridine rings is 1. The predicted molar refractivity (Wildman–Crippen MR) is 69.3 cm³/mol. The molecule has 1 fully saturated rings. The molecule has 0 bridgehead atoms. The number of aromatic nitrogens is 2. The zero-order chi connectivity index (χ0) is 11.8. The summed E-state index contributed by atoms with van der Waals surface area (Å²) >= 11 is 0. The highest BCUT2D eigenvalue weighted by molar-refractivity contribution is 5.49. The third-order valence-electron chi connectivity index (χ3n) is 3.56. The van der Waals surface area contributed by atoms with E-state index in [1.54, 1.807) is 0 Å². The number of nitrogens with one attached hydrogen (secondary N) is 1. The molecule has 3 heterocycles. The summed E-state index contributed by atoms with van der Waals surface area (Å²) in [5.41, 5.74) is 2.60. The van der Waals surface area contributed by atoms with Crippen LogP contribution in [0.5, 0.6) is 0 Å². The van der Waals surface area contributed by atoms with E-state index in [0.29, 0.717) is 12.0 Å². The Bertz CT molecular complexity index is 521. The van der Waals surface area contributed by atoms with E-state index in [2.05, 4.69) is 46.9 Å². The molecular weight excluding hydrogens is 210 g/mol. The van der Waals surface area contributed by atoms with Gasteiger partial charge in [0.2, 0.25) is 0 Å². The number of rotatable bonds is 2. The molecule has 3 heteroatoms. The Morgan fingerprint density at radius 2 is 2.35 bits per heavy atom. The van der Waals surface area contributed by atoms with Crippen molar-refractivity contribution < 1.29 is 0 Å². The molecule has 90 valence electrons. The number of hydrogen-bond acceptors (Lipinski definition) is 2. The summed E-state index contributed by atoms with van der Waals surface area (Å²) in [4.78, 5) is 4.51. The van der Waals surface area contributed by atoms with E-state index in [0.717, 1.165) is 12.4 Å². The van der Waals surface area contributed by atoms with Crippen LogP contribution in [-0.4, -0.2) is 15.9 Å². The van der Waals surface area contributed by atoms with Crippen LogP contribution in [-0.2, 0) is 0 Å². The van der Waals surface area contributed by atoms with Crippen LogP contribution in [0.4, 0.5) is 0 Å². The van der Waals surface area contributed by atoms with Crippen LogP contribution in [0, 0.1) is 0 Å². The highest BCUT2D eigenvalue weighted by Crippen LogP contribution is 2.25. The van der Waals surface area contributed by atoms with Gasteiger partial charge in [0.25, 0.3) is 0 Å². The van der Waals surface area contributed by atoms with E-state index < -0.39 is 0 Å². The Hall–Kier alpha value is -1.35. The van der Waals surface area contributed by atoms with Gasteiger partial charge in [0.05, 0.1) is 11.7 Å². The maximum absolute atomic E-state index is 4.51. The minimum absolute atomic E-state index is 0.466. The van der Waals surface area contributed by atoms with Crippen LogP contribution in [0.2, 0.25) is 0 Å².